The van der Waals surface area contributed by atoms with Crippen molar-refractivity contribution in [2.24, 2.45) is 11.7 Å². The molecule has 1 aromatic heterocycles. The number of primary amides is 1. The lowest BCUT2D eigenvalue weighted by Crippen LogP contribution is -2.48. The molecule has 0 spiro atoms. The zero-order valence-electron chi connectivity index (χ0n) is 17.5. The van der Waals surface area contributed by atoms with Gasteiger partial charge in [0.15, 0.2) is 0 Å². The van der Waals surface area contributed by atoms with Crippen LogP contribution < -0.4 is 11.1 Å². The van der Waals surface area contributed by atoms with Crippen LogP contribution in [-0.4, -0.2) is 54.3 Å². The molecule has 160 valence electrons. The summed E-state index contributed by atoms with van der Waals surface area (Å²) in [5.74, 6) is 0.0974. The molecule has 6 nitrogen and oxygen atoms in total. The molecule has 0 saturated carbocycles. The average Bonchev–Trinajstić information content (AvgIpc) is 3.07. The maximum atomic E-state index is 12.7. The molecule has 3 N–H and O–H groups in total. The molecule has 1 aliphatic carbocycles. The van der Waals surface area contributed by atoms with Gasteiger partial charge in [0.05, 0.1) is 12.1 Å². The SMILES string of the molecule is CC1CCc2c(sc(NC(=O)CN3CCN(Cc4ccccc4)CC3)c2C(N)=O)C1. The molecule has 1 aromatic carbocycles. The minimum atomic E-state index is -0.438. The fraction of sp³-hybridized carbons (Fsp3) is 0.478. The van der Waals surface area contributed by atoms with Crippen LogP contribution >= 0.6 is 11.3 Å². The van der Waals surface area contributed by atoms with Gasteiger partial charge in [0.25, 0.3) is 5.91 Å². The van der Waals surface area contributed by atoms with E-state index in [4.69, 9.17) is 5.73 Å². The second-order valence-corrected chi connectivity index (χ2v) is 9.61. The minimum Gasteiger partial charge on any atom is -0.365 e. The van der Waals surface area contributed by atoms with Crippen molar-refractivity contribution in [3.8, 4) is 0 Å². The first-order chi connectivity index (χ1) is 14.5. The van der Waals surface area contributed by atoms with Gasteiger partial charge < -0.3 is 11.1 Å². The van der Waals surface area contributed by atoms with Crippen molar-refractivity contribution >= 4 is 28.2 Å². The van der Waals surface area contributed by atoms with Gasteiger partial charge in [-0.15, -0.1) is 11.3 Å². The van der Waals surface area contributed by atoms with E-state index < -0.39 is 5.91 Å². The number of rotatable bonds is 6. The normalized spacial score (nSPS) is 20.0. The number of nitrogens with zero attached hydrogens (tertiary/aromatic N) is 2. The molecule has 1 aliphatic heterocycles. The van der Waals surface area contributed by atoms with Crippen LogP contribution in [0.3, 0.4) is 0 Å². The fourth-order valence-corrected chi connectivity index (χ4v) is 5.85. The molecule has 4 rings (SSSR count). The van der Waals surface area contributed by atoms with E-state index in [9.17, 15) is 9.59 Å². The van der Waals surface area contributed by atoms with Crippen molar-refractivity contribution in [3.05, 3.63) is 51.9 Å². The highest BCUT2D eigenvalue weighted by atomic mass is 32.1. The van der Waals surface area contributed by atoms with Gasteiger partial charge in [-0.25, -0.2) is 0 Å². The number of amides is 2. The highest BCUT2D eigenvalue weighted by molar-refractivity contribution is 7.17. The highest BCUT2D eigenvalue weighted by Crippen LogP contribution is 2.39. The first-order valence-electron chi connectivity index (χ1n) is 10.7. The van der Waals surface area contributed by atoms with Gasteiger partial charge in [0, 0.05) is 37.6 Å². The first-order valence-corrected chi connectivity index (χ1v) is 11.5. The van der Waals surface area contributed by atoms with Crippen molar-refractivity contribution in [2.75, 3.05) is 38.0 Å². The largest absolute Gasteiger partial charge is 0.365 e. The number of piperazine rings is 1. The van der Waals surface area contributed by atoms with Gasteiger partial charge in [-0.1, -0.05) is 37.3 Å². The van der Waals surface area contributed by atoms with Gasteiger partial charge in [0.1, 0.15) is 5.00 Å². The Kier molecular flexibility index (Phi) is 6.51. The molecule has 2 aromatic rings. The molecule has 1 saturated heterocycles. The molecule has 2 amide bonds. The van der Waals surface area contributed by atoms with Crippen LogP contribution in [0.5, 0.6) is 0 Å². The summed E-state index contributed by atoms with van der Waals surface area (Å²) in [5.41, 5.74) is 8.56. The fourth-order valence-electron chi connectivity index (χ4n) is 4.42. The molecular weight excluding hydrogens is 396 g/mol. The summed E-state index contributed by atoms with van der Waals surface area (Å²) in [4.78, 5) is 30.5. The molecule has 0 radical (unpaired) electrons. The molecule has 2 heterocycles. The van der Waals surface area contributed by atoms with E-state index in [0.29, 0.717) is 23.0 Å². The summed E-state index contributed by atoms with van der Waals surface area (Å²) in [5, 5.41) is 3.62. The lowest BCUT2D eigenvalue weighted by molar-refractivity contribution is -0.117. The Labute approximate surface area is 182 Å². The number of nitrogens with one attached hydrogen (secondary N) is 1. The van der Waals surface area contributed by atoms with E-state index in [-0.39, 0.29) is 5.91 Å². The molecule has 30 heavy (non-hydrogen) atoms. The van der Waals surface area contributed by atoms with E-state index in [1.807, 2.05) is 6.07 Å². The van der Waals surface area contributed by atoms with E-state index in [2.05, 4.69) is 46.3 Å². The number of thiophene rings is 1. The van der Waals surface area contributed by atoms with Gasteiger partial charge in [-0.3, -0.25) is 19.4 Å². The number of carbonyl (C=O) groups is 2. The zero-order valence-corrected chi connectivity index (χ0v) is 18.3. The quantitative estimate of drug-likeness (QED) is 0.745. The predicted molar refractivity (Wildman–Crippen MR) is 121 cm³/mol. The van der Waals surface area contributed by atoms with Crippen LogP contribution in [0, 0.1) is 5.92 Å². The lowest BCUT2D eigenvalue weighted by Gasteiger charge is -2.34. The lowest BCUT2D eigenvalue weighted by atomic mass is 9.88. The Hall–Kier alpha value is -2.22. The van der Waals surface area contributed by atoms with Crippen molar-refractivity contribution in [3.63, 3.8) is 0 Å². The summed E-state index contributed by atoms with van der Waals surface area (Å²) in [6, 6.07) is 10.5. The van der Waals surface area contributed by atoms with E-state index in [1.54, 1.807) is 0 Å². The van der Waals surface area contributed by atoms with Gasteiger partial charge in [-0.05, 0) is 36.3 Å². The Morgan fingerprint density at radius 1 is 1.13 bits per heavy atom. The number of hydrogen-bond acceptors (Lipinski definition) is 5. The summed E-state index contributed by atoms with van der Waals surface area (Å²) in [6.07, 6.45) is 2.88. The summed E-state index contributed by atoms with van der Waals surface area (Å²) < 4.78 is 0. The zero-order chi connectivity index (χ0) is 21.1. The third-order valence-electron chi connectivity index (χ3n) is 6.09. The molecule has 2 aliphatic rings. The van der Waals surface area contributed by atoms with Crippen molar-refractivity contribution < 1.29 is 9.59 Å². The van der Waals surface area contributed by atoms with Crippen LogP contribution in [0.2, 0.25) is 0 Å². The third kappa shape index (κ3) is 4.91. The van der Waals surface area contributed by atoms with Crippen LogP contribution in [0.4, 0.5) is 5.00 Å². The smallest absolute Gasteiger partial charge is 0.251 e. The monoisotopic (exact) mass is 426 g/mol. The Morgan fingerprint density at radius 2 is 1.83 bits per heavy atom. The number of hydrogen-bond donors (Lipinski definition) is 2. The number of benzene rings is 1. The summed E-state index contributed by atoms with van der Waals surface area (Å²) in [7, 11) is 0. The Bertz CT molecular complexity index is 903. The van der Waals surface area contributed by atoms with Crippen molar-refractivity contribution in [1.29, 1.82) is 0 Å². The summed E-state index contributed by atoms with van der Waals surface area (Å²) >= 11 is 1.53. The third-order valence-corrected chi connectivity index (χ3v) is 7.26. The van der Waals surface area contributed by atoms with Crippen LogP contribution in [-0.2, 0) is 24.2 Å². The molecular formula is C23H30N4O2S. The van der Waals surface area contributed by atoms with Gasteiger partial charge in [0.2, 0.25) is 5.91 Å². The Morgan fingerprint density at radius 3 is 2.53 bits per heavy atom. The number of fused-ring (bicyclic) bond motifs is 1. The molecule has 7 heteroatoms. The second-order valence-electron chi connectivity index (χ2n) is 8.51. The topological polar surface area (TPSA) is 78.7 Å². The number of carbonyl (C=O) groups excluding carboxylic acids is 2. The number of anilines is 1. The molecule has 1 atom stereocenters. The maximum Gasteiger partial charge on any atom is 0.251 e. The van der Waals surface area contributed by atoms with Gasteiger partial charge in [-0.2, -0.15) is 0 Å². The van der Waals surface area contributed by atoms with Crippen LogP contribution in [0.25, 0.3) is 0 Å². The minimum absolute atomic E-state index is 0.0688. The Balaban J connectivity index is 1.32. The molecule has 1 unspecified atom stereocenters. The van der Waals surface area contributed by atoms with Gasteiger partial charge >= 0.3 is 0 Å². The second kappa shape index (κ2) is 9.29. The predicted octanol–water partition coefficient (Wildman–Crippen LogP) is 2.73. The van der Waals surface area contributed by atoms with E-state index in [0.717, 1.165) is 57.5 Å². The van der Waals surface area contributed by atoms with E-state index in [1.165, 1.54) is 21.8 Å². The van der Waals surface area contributed by atoms with Crippen molar-refractivity contribution in [1.82, 2.24) is 9.80 Å². The first kappa shape index (κ1) is 21.0. The van der Waals surface area contributed by atoms with Crippen molar-refractivity contribution in [2.45, 2.75) is 32.7 Å². The summed E-state index contributed by atoms with van der Waals surface area (Å²) in [6.45, 7) is 7.13. The van der Waals surface area contributed by atoms with Crippen LogP contribution in [0.1, 0.15) is 39.7 Å². The molecule has 1 fully saturated rings. The molecule has 0 bridgehead atoms. The maximum absolute atomic E-state index is 12.7. The van der Waals surface area contributed by atoms with Crippen LogP contribution in [0.15, 0.2) is 30.3 Å². The highest BCUT2D eigenvalue weighted by Gasteiger charge is 2.27. The van der Waals surface area contributed by atoms with E-state index >= 15 is 0 Å². The number of nitrogens with two attached hydrogens (primary N) is 1. The average molecular weight is 427 g/mol. The standard InChI is InChI=1S/C23H30N4O2S/c1-16-7-8-18-19(13-16)30-23(21(18)22(24)29)25-20(28)15-27-11-9-26(10-12-27)14-17-5-3-2-4-6-17/h2-6,16H,7-15H2,1H3,(H2,24,29)(H,25,28).